The summed E-state index contributed by atoms with van der Waals surface area (Å²) in [5, 5.41) is 0. The van der Waals surface area contributed by atoms with Gasteiger partial charge in [0.05, 0.1) is 0 Å². The standard InChI is InChI=1S/C28H48/c1-16-17-10-21-23(27(6,7)14-25(21,2)3)12-19(17)20-13-24-22(11-18(16)20)26(4,5)15-28(24,8)9/h16-24H,10-15H2,1-9H3. The lowest BCUT2D eigenvalue weighted by Gasteiger charge is -2.47. The fraction of sp³-hybridized carbons (Fsp3) is 1.00. The molecule has 0 heterocycles. The highest BCUT2D eigenvalue weighted by Crippen LogP contribution is 2.72. The molecule has 0 aromatic carbocycles. The van der Waals surface area contributed by atoms with Gasteiger partial charge in [-0.3, -0.25) is 0 Å². The second kappa shape index (κ2) is 5.62. The molecule has 0 aromatic heterocycles. The van der Waals surface area contributed by atoms with E-state index in [0.717, 1.165) is 53.3 Å². The number of hydrogen-bond acceptors (Lipinski definition) is 0. The van der Waals surface area contributed by atoms with E-state index in [9.17, 15) is 0 Å². The van der Waals surface area contributed by atoms with E-state index in [1.54, 1.807) is 25.7 Å². The Kier molecular flexibility index (Phi) is 4.00. The summed E-state index contributed by atoms with van der Waals surface area (Å²) in [5.74, 6) is 9.10. The number of fused-ring (bicyclic) bond motifs is 5. The molecule has 0 aliphatic heterocycles. The summed E-state index contributed by atoms with van der Waals surface area (Å²) in [6.45, 7) is 23.5. The highest BCUT2D eigenvalue weighted by Gasteiger charge is 2.64. The van der Waals surface area contributed by atoms with Gasteiger partial charge in [0.2, 0.25) is 0 Å². The van der Waals surface area contributed by atoms with Gasteiger partial charge in [0.1, 0.15) is 0 Å². The molecule has 160 valence electrons. The van der Waals surface area contributed by atoms with Crippen molar-refractivity contribution in [2.45, 2.75) is 101 Å². The number of hydrogen-bond donors (Lipinski definition) is 0. The summed E-state index contributed by atoms with van der Waals surface area (Å²) < 4.78 is 0. The maximum absolute atomic E-state index is 2.68. The van der Waals surface area contributed by atoms with Crippen molar-refractivity contribution in [2.75, 3.05) is 0 Å². The van der Waals surface area contributed by atoms with Gasteiger partial charge in [0, 0.05) is 0 Å². The largest absolute Gasteiger partial charge is 0.0620 e. The van der Waals surface area contributed by atoms with Gasteiger partial charge in [0.15, 0.2) is 0 Å². The third kappa shape index (κ3) is 2.54. The quantitative estimate of drug-likeness (QED) is 0.396. The first-order valence-corrected chi connectivity index (χ1v) is 12.7. The van der Waals surface area contributed by atoms with Gasteiger partial charge < -0.3 is 0 Å². The van der Waals surface area contributed by atoms with Crippen LogP contribution < -0.4 is 0 Å². The van der Waals surface area contributed by atoms with Crippen molar-refractivity contribution in [1.29, 1.82) is 0 Å². The van der Waals surface area contributed by atoms with E-state index < -0.39 is 0 Å². The Morgan fingerprint density at radius 3 is 0.964 bits per heavy atom. The summed E-state index contributed by atoms with van der Waals surface area (Å²) in [5.41, 5.74) is 2.25. The summed E-state index contributed by atoms with van der Waals surface area (Å²) in [6, 6.07) is 0. The average molecular weight is 385 g/mol. The molecule has 0 N–H and O–H groups in total. The van der Waals surface area contributed by atoms with Crippen LogP contribution in [0.5, 0.6) is 0 Å². The van der Waals surface area contributed by atoms with Gasteiger partial charge in [-0.1, -0.05) is 62.3 Å². The molecule has 5 aliphatic rings. The summed E-state index contributed by atoms with van der Waals surface area (Å²) in [4.78, 5) is 0. The van der Waals surface area contributed by atoms with Crippen LogP contribution in [-0.4, -0.2) is 0 Å². The molecule has 0 bridgehead atoms. The molecule has 0 heteroatoms. The minimum absolute atomic E-state index is 0.562. The molecule has 8 atom stereocenters. The Labute approximate surface area is 176 Å². The SMILES string of the molecule is CC1C2CC3C(CC2C2CC4C(CC12)C(C)(C)CC4(C)C)C(C)(C)CC3(C)C. The summed E-state index contributed by atoms with van der Waals surface area (Å²) in [7, 11) is 0. The molecule has 5 fully saturated rings. The molecule has 0 amide bonds. The van der Waals surface area contributed by atoms with E-state index in [2.05, 4.69) is 62.3 Å². The molecular formula is C28H48. The lowest BCUT2D eigenvalue weighted by atomic mass is 9.58. The molecule has 8 unspecified atom stereocenters. The van der Waals surface area contributed by atoms with Crippen LogP contribution in [0.25, 0.3) is 0 Å². The van der Waals surface area contributed by atoms with Crippen LogP contribution in [0, 0.1) is 74.9 Å². The van der Waals surface area contributed by atoms with Crippen LogP contribution >= 0.6 is 0 Å². The van der Waals surface area contributed by atoms with Gasteiger partial charge in [0.25, 0.3) is 0 Å². The number of rotatable bonds is 0. The Bertz CT molecular complexity index is 593. The lowest BCUT2D eigenvalue weighted by molar-refractivity contribution is 0.0181. The predicted molar refractivity (Wildman–Crippen MR) is 120 cm³/mol. The normalized spacial score (nSPS) is 54.5. The summed E-state index contributed by atoms with van der Waals surface area (Å²) >= 11 is 0. The minimum atomic E-state index is 0.562. The zero-order valence-corrected chi connectivity index (χ0v) is 20.4. The van der Waals surface area contributed by atoms with Gasteiger partial charge in [-0.25, -0.2) is 0 Å². The first-order valence-electron chi connectivity index (χ1n) is 12.7. The molecule has 28 heavy (non-hydrogen) atoms. The minimum Gasteiger partial charge on any atom is -0.0620 e. The van der Waals surface area contributed by atoms with Crippen LogP contribution in [0.4, 0.5) is 0 Å². The monoisotopic (exact) mass is 384 g/mol. The van der Waals surface area contributed by atoms with Crippen molar-refractivity contribution in [3.8, 4) is 0 Å². The van der Waals surface area contributed by atoms with Crippen molar-refractivity contribution in [3.63, 3.8) is 0 Å². The third-order valence-corrected chi connectivity index (χ3v) is 11.9. The highest BCUT2D eigenvalue weighted by atomic mass is 14.7. The fourth-order valence-electron chi connectivity index (χ4n) is 11.4. The Balaban J connectivity index is 1.46. The molecular weight excluding hydrogens is 336 g/mol. The fourth-order valence-corrected chi connectivity index (χ4v) is 11.4. The average Bonchev–Trinajstić information content (AvgIpc) is 3.00. The van der Waals surface area contributed by atoms with E-state index in [4.69, 9.17) is 0 Å². The first kappa shape index (κ1) is 19.9. The van der Waals surface area contributed by atoms with Crippen LogP contribution in [0.2, 0.25) is 0 Å². The van der Waals surface area contributed by atoms with Crippen LogP contribution in [0.1, 0.15) is 101 Å². The maximum atomic E-state index is 2.68. The molecule has 5 aliphatic carbocycles. The molecule has 0 aromatic rings. The molecule has 5 rings (SSSR count). The van der Waals surface area contributed by atoms with E-state index in [0.29, 0.717) is 21.7 Å². The van der Waals surface area contributed by atoms with E-state index in [1.165, 1.54) is 12.8 Å². The van der Waals surface area contributed by atoms with Crippen molar-refractivity contribution in [2.24, 2.45) is 74.9 Å². The van der Waals surface area contributed by atoms with Gasteiger partial charge >= 0.3 is 0 Å². The second-order valence-corrected chi connectivity index (χ2v) is 15.2. The van der Waals surface area contributed by atoms with Gasteiger partial charge in [-0.15, -0.1) is 0 Å². The summed E-state index contributed by atoms with van der Waals surface area (Å²) in [6.07, 6.45) is 9.15. The second-order valence-electron chi connectivity index (χ2n) is 15.2. The van der Waals surface area contributed by atoms with Crippen molar-refractivity contribution in [1.82, 2.24) is 0 Å². The third-order valence-electron chi connectivity index (χ3n) is 11.9. The van der Waals surface area contributed by atoms with Gasteiger partial charge in [-0.2, -0.15) is 0 Å². The molecule has 0 nitrogen and oxygen atoms in total. The van der Waals surface area contributed by atoms with Gasteiger partial charge in [-0.05, 0) is 113 Å². The van der Waals surface area contributed by atoms with Crippen LogP contribution in [0.3, 0.4) is 0 Å². The smallest absolute Gasteiger partial charge is 0.0318 e. The highest BCUT2D eigenvalue weighted by molar-refractivity contribution is 5.13. The Morgan fingerprint density at radius 2 is 0.679 bits per heavy atom. The van der Waals surface area contributed by atoms with Crippen LogP contribution in [-0.2, 0) is 0 Å². The van der Waals surface area contributed by atoms with E-state index in [1.807, 2.05) is 0 Å². The molecule has 0 spiro atoms. The Hall–Kier alpha value is 0. The van der Waals surface area contributed by atoms with Crippen molar-refractivity contribution < 1.29 is 0 Å². The topological polar surface area (TPSA) is 0 Å². The van der Waals surface area contributed by atoms with E-state index >= 15 is 0 Å². The Morgan fingerprint density at radius 1 is 0.429 bits per heavy atom. The maximum Gasteiger partial charge on any atom is -0.0318 e. The van der Waals surface area contributed by atoms with Crippen LogP contribution in [0.15, 0.2) is 0 Å². The lowest BCUT2D eigenvalue weighted by Crippen LogP contribution is -2.40. The first-order chi connectivity index (χ1) is 12.7. The van der Waals surface area contributed by atoms with Crippen molar-refractivity contribution >= 4 is 0 Å². The molecule has 5 saturated carbocycles. The van der Waals surface area contributed by atoms with Crippen molar-refractivity contribution in [3.05, 3.63) is 0 Å². The van der Waals surface area contributed by atoms with E-state index in [-0.39, 0.29) is 0 Å². The zero-order chi connectivity index (χ0) is 20.4. The predicted octanol–water partition coefficient (Wildman–Crippen LogP) is 8.07. The zero-order valence-electron chi connectivity index (χ0n) is 20.4. The molecule has 0 saturated heterocycles. The molecule has 0 radical (unpaired) electrons.